The van der Waals surface area contributed by atoms with Crippen molar-refractivity contribution in [3.63, 3.8) is 0 Å². The molecular formula is C26H22ClN3O3S. The lowest BCUT2D eigenvalue weighted by molar-refractivity contribution is -0.152. The topological polar surface area (TPSA) is 72.4 Å². The fourth-order valence-corrected chi connectivity index (χ4v) is 4.48. The maximum absolute atomic E-state index is 14.0. The highest BCUT2D eigenvalue weighted by Gasteiger charge is 2.36. The van der Waals surface area contributed by atoms with Crippen molar-refractivity contribution in [1.82, 2.24) is 9.97 Å². The fraction of sp³-hybridized carbons (Fsp3) is 0.154. The molecule has 34 heavy (non-hydrogen) atoms. The first-order valence-corrected chi connectivity index (χ1v) is 11.9. The van der Waals surface area contributed by atoms with Crippen molar-refractivity contribution in [2.45, 2.75) is 25.5 Å². The molecule has 0 radical (unpaired) electrons. The molecule has 0 fully saturated rings. The van der Waals surface area contributed by atoms with Gasteiger partial charge in [-0.05, 0) is 30.2 Å². The van der Waals surface area contributed by atoms with Crippen LogP contribution in [0.1, 0.15) is 34.9 Å². The maximum Gasteiger partial charge on any atom is 0.323 e. The maximum atomic E-state index is 14.0. The van der Waals surface area contributed by atoms with Gasteiger partial charge in [0.05, 0.1) is 6.54 Å². The number of halogens is 1. The molecule has 2 atom stereocenters. The summed E-state index contributed by atoms with van der Waals surface area (Å²) in [7, 11) is 0. The quantitative estimate of drug-likeness (QED) is 0.229. The van der Waals surface area contributed by atoms with Gasteiger partial charge in [-0.3, -0.25) is 14.5 Å². The summed E-state index contributed by atoms with van der Waals surface area (Å²) >= 11 is 7.28. The van der Waals surface area contributed by atoms with Crippen LogP contribution in [0.15, 0.2) is 91.3 Å². The lowest BCUT2D eigenvalue weighted by Crippen LogP contribution is -2.39. The first-order chi connectivity index (χ1) is 16.5. The number of hydrogen-bond acceptors (Lipinski definition) is 6. The zero-order valence-electron chi connectivity index (χ0n) is 18.4. The molecule has 0 aliphatic rings. The Morgan fingerprint density at radius 2 is 1.59 bits per heavy atom. The number of esters is 1. The Hall–Kier alpha value is -3.55. The van der Waals surface area contributed by atoms with Gasteiger partial charge < -0.3 is 4.74 Å². The number of amides is 1. The third kappa shape index (κ3) is 5.68. The molecule has 0 N–H and O–H groups in total. The van der Waals surface area contributed by atoms with Gasteiger partial charge in [0, 0.05) is 17.3 Å². The van der Waals surface area contributed by atoms with Gasteiger partial charge in [-0.25, -0.2) is 9.97 Å². The highest BCUT2D eigenvalue weighted by atomic mass is 35.5. The molecule has 1 amide bonds. The van der Waals surface area contributed by atoms with E-state index in [1.807, 2.05) is 36.4 Å². The van der Waals surface area contributed by atoms with E-state index in [-0.39, 0.29) is 6.54 Å². The van der Waals surface area contributed by atoms with E-state index in [0.717, 1.165) is 10.4 Å². The largest absolute Gasteiger partial charge is 0.457 e. The first kappa shape index (κ1) is 23.6. The van der Waals surface area contributed by atoms with Crippen molar-refractivity contribution >= 4 is 40.6 Å². The Morgan fingerprint density at radius 3 is 2.18 bits per heavy atom. The van der Waals surface area contributed by atoms with Gasteiger partial charge >= 0.3 is 5.97 Å². The molecule has 2 unspecified atom stereocenters. The number of anilines is 1. The molecule has 6 nitrogen and oxygen atoms in total. The predicted octanol–water partition coefficient (Wildman–Crippen LogP) is 5.81. The average molecular weight is 492 g/mol. The molecule has 2 aromatic heterocycles. The highest BCUT2D eigenvalue weighted by Crippen LogP contribution is 2.29. The van der Waals surface area contributed by atoms with Crippen LogP contribution in [0.25, 0.3) is 0 Å². The van der Waals surface area contributed by atoms with Crippen LogP contribution in [-0.2, 0) is 20.9 Å². The van der Waals surface area contributed by atoms with Crippen LogP contribution in [0.2, 0.25) is 4.47 Å². The van der Waals surface area contributed by atoms with Gasteiger partial charge in [0.1, 0.15) is 11.9 Å². The van der Waals surface area contributed by atoms with Gasteiger partial charge in [0.2, 0.25) is 5.91 Å². The number of pyridine rings is 1. The second-order valence-electron chi connectivity index (χ2n) is 7.53. The second-order valence-corrected chi connectivity index (χ2v) is 9.22. The van der Waals surface area contributed by atoms with Gasteiger partial charge in [0.25, 0.3) is 0 Å². The number of aromatic nitrogens is 2. The van der Waals surface area contributed by atoms with E-state index < -0.39 is 23.9 Å². The lowest BCUT2D eigenvalue weighted by atomic mass is 9.97. The normalized spacial score (nSPS) is 12.5. The molecule has 0 aliphatic heterocycles. The summed E-state index contributed by atoms with van der Waals surface area (Å²) in [6, 6.07) is 23.6. The number of carbonyl (C=O) groups is 2. The van der Waals surface area contributed by atoms with E-state index in [1.54, 1.807) is 61.8 Å². The number of benzene rings is 2. The lowest BCUT2D eigenvalue weighted by Gasteiger charge is -2.26. The van der Waals surface area contributed by atoms with Crippen molar-refractivity contribution in [3.8, 4) is 0 Å². The minimum Gasteiger partial charge on any atom is -0.457 e. The third-order valence-electron chi connectivity index (χ3n) is 5.21. The minimum atomic E-state index is -1.17. The Balaban J connectivity index is 1.68. The standard InChI is InChI=1S/C26H22ClN3O3S/c1-18(19-10-4-2-5-11-19)33-25(32)23(20-12-6-3-7-13-20)24(31)30(22-14-8-9-15-28-22)17-21-16-29-26(27)34-21/h2-16,18,23H,17H2,1H3. The van der Waals surface area contributed by atoms with Crippen molar-refractivity contribution in [1.29, 1.82) is 0 Å². The Morgan fingerprint density at radius 1 is 0.941 bits per heavy atom. The van der Waals surface area contributed by atoms with E-state index in [1.165, 1.54) is 16.2 Å². The van der Waals surface area contributed by atoms with Gasteiger partial charge in [-0.2, -0.15) is 0 Å². The molecule has 4 rings (SSSR count). The number of nitrogens with zero attached hydrogens (tertiary/aromatic N) is 3. The number of hydrogen-bond donors (Lipinski definition) is 0. The molecule has 172 valence electrons. The molecule has 8 heteroatoms. The molecule has 2 heterocycles. The van der Waals surface area contributed by atoms with Crippen LogP contribution in [0.5, 0.6) is 0 Å². The van der Waals surface area contributed by atoms with E-state index >= 15 is 0 Å². The number of thiazole rings is 1. The summed E-state index contributed by atoms with van der Waals surface area (Å²) in [5, 5.41) is 0. The zero-order chi connectivity index (χ0) is 23.9. The molecular weight excluding hydrogens is 470 g/mol. The summed E-state index contributed by atoms with van der Waals surface area (Å²) in [5.41, 5.74) is 1.39. The van der Waals surface area contributed by atoms with Gasteiger partial charge in [-0.1, -0.05) is 78.3 Å². The molecule has 0 spiro atoms. The SMILES string of the molecule is CC(OC(=O)C(C(=O)N(Cc1cnc(Cl)s1)c1ccccn1)c1ccccc1)c1ccccc1. The van der Waals surface area contributed by atoms with Crippen LogP contribution < -0.4 is 4.90 Å². The Bertz CT molecular complexity index is 1240. The van der Waals surface area contributed by atoms with Crippen molar-refractivity contribution in [2.24, 2.45) is 0 Å². The fourth-order valence-electron chi connectivity index (χ4n) is 3.51. The van der Waals surface area contributed by atoms with E-state index in [0.29, 0.717) is 15.8 Å². The molecule has 0 aliphatic carbocycles. The summed E-state index contributed by atoms with van der Waals surface area (Å²) in [5.74, 6) is -1.82. The smallest absolute Gasteiger partial charge is 0.323 e. The van der Waals surface area contributed by atoms with Crippen LogP contribution in [0, 0.1) is 0 Å². The minimum absolute atomic E-state index is 0.172. The zero-order valence-corrected chi connectivity index (χ0v) is 19.9. The summed E-state index contributed by atoms with van der Waals surface area (Å²) < 4.78 is 6.15. The van der Waals surface area contributed by atoms with Crippen molar-refractivity contribution in [2.75, 3.05) is 4.90 Å². The molecule has 4 aromatic rings. The second kappa shape index (κ2) is 11.0. The van der Waals surface area contributed by atoms with Crippen LogP contribution in [-0.4, -0.2) is 21.8 Å². The molecule has 0 saturated carbocycles. The Labute approximate surface area is 206 Å². The van der Waals surface area contributed by atoms with E-state index in [9.17, 15) is 9.59 Å². The van der Waals surface area contributed by atoms with E-state index in [2.05, 4.69) is 9.97 Å². The molecule has 0 bridgehead atoms. The third-order valence-corrected chi connectivity index (χ3v) is 6.31. The number of rotatable bonds is 8. The highest BCUT2D eigenvalue weighted by molar-refractivity contribution is 7.15. The molecule has 0 saturated heterocycles. The Kier molecular flexibility index (Phi) is 7.67. The van der Waals surface area contributed by atoms with Crippen LogP contribution in [0.4, 0.5) is 5.82 Å². The predicted molar refractivity (Wildman–Crippen MR) is 133 cm³/mol. The van der Waals surface area contributed by atoms with E-state index in [4.69, 9.17) is 16.3 Å². The molecule has 2 aromatic carbocycles. The van der Waals surface area contributed by atoms with Crippen LogP contribution >= 0.6 is 22.9 Å². The number of ether oxygens (including phenoxy) is 1. The monoisotopic (exact) mass is 491 g/mol. The van der Waals surface area contributed by atoms with Gasteiger partial charge in [0.15, 0.2) is 10.4 Å². The van der Waals surface area contributed by atoms with Crippen molar-refractivity contribution < 1.29 is 14.3 Å². The summed E-state index contributed by atoms with van der Waals surface area (Å²) in [6.07, 6.45) is 2.70. The first-order valence-electron chi connectivity index (χ1n) is 10.7. The average Bonchev–Trinajstić information content (AvgIpc) is 3.29. The number of carbonyl (C=O) groups excluding carboxylic acids is 2. The summed E-state index contributed by atoms with van der Waals surface area (Å²) in [6.45, 7) is 1.96. The van der Waals surface area contributed by atoms with Crippen LogP contribution in [0.3, 0.4) is 0 Å². The van der Waals surface area contributed by atoms with Gasteiger partial charge in [-0.15, -0.1) is 11.3 Å². The summed E-state index contributed by atoms with van der Waals surface area (Å²) in [4.78, 5) is 38.0. The van der Waals surface area contributed by atoms with Crippen molar-refractivity contribution in [3.05, 3.63) is 112 Å².